The van der Waals surface area contributed by atoms with Crippen LogP contribution in [0.3, 0.4) is 0 Å². The maximum atomic E-state index is 13.3. The Bertz CT molecular complexity index is 1720. The van der Waals surface area contributed by atoms with Crippen molar-refractivity contribution in [3.05, 3.63) is 90.1 Å². The number of aromatic nitrogens is 5. The highest BCUT2D eigenvalue weighted by atomic mass is 35.5. The molecule has 9 nitrogen and oxygen atoms in total. The summed E-state index contributed by atoms with van der Waals surface area (Å²) in [6, 6.07) is 16.0. The van der Waals surface area contributed by atoms with Crippen LogP contribution in [0.25, 0.3) is 27.9 Å². The number of anilines is 1. The van der Waals surface area contributed by atoms with Gasteiger partial charge in [-0.2, -0.15) is 14.6 Å². The molecule has 39 heavy (non-hydrogen) atoms. The first-order valence-corrected chi connectivity index (χ1v) is 13.6. The van der Waals surface area contributed by atoms with Gasteiger partial charge < -0.3 is 5.32 Å². The summed E-state index contributed by atoms with van der Waals surface area (Å²) in [5.41, 5.74) is 5.56. The SMILES string of the molecule is Cn1cc(-c2cc3c(-c4ccc(NC(=O)C(=NS(=O)C(C)(C)C)c5ccc(Cl)cc5)cc4)ncnn3c2)cn1. The zero-order valence-corrected chi connectivity index (χ0v) is 23.4. The van der Waals surface area contributed by atoms with E-state index in [0.29, 0.717) is 16.3 Å². The monoisotopic (exact) mass is 559 g/mol. The predicted molar refractivity (Wildman–Crippen MR) is 155 cm³/mol. The van der Waals surface area contributed by atoms with Crippen molar-refractivity contribution in [2.24, 2.45) is 11.4 Å². The third kappa shape index (κ3) is 5.81. The van der Waals surface area contributed by atoms with E-state index in [4.69, 9.17) is 11.6 Å². The Hall–Kier alpha value is -4.15. The van der Waals surface area contributed by atoms with E-state index >= 15 is 0 Å². The summed E-state index contributed by atoms with van der Waals surface area (Å²) < 4.78 is 20.0. The van der Waals surface area contributed by atoms with Gasteiger partial charge >= 0.3 is 0 Å². The van der Waals surface area contributed by atoms with Gasteiger partial charge in [0.05, 0.1) is 22.2 Å². The molecule has 5 aromatic rings. The van der Waals surface area contributed by atoms with E-state index in [0.717, 1.165) is 27.9 Å². The number of benzene rings is 2. The van der Waals surface area contributed by atoms with Crippen LogP contribution < -0.4 is 5.32 Å². The lowest BCUT2D eigenvalue weighted by Crippen LogP contribution is -2.27. The second-order valence-corrected chi connectivity index (χ2v) is 12.3. The minimum absolute atomic E-state index is 0.0672. The van der Waals surface area contributed by atoms with Crippen LogP contribution in [-0.2, 0) is 22.8 Å². The molecule has 0 bridgehead atoms. The molecule has 1 amide bonds. The van der Waals surface area contributed by atoms with E-state index in [1.54, 1.807) is 72.6 Å². The van der Waals surface area contributed by atoms with Crippen molar-refractivity contribution < 1.29 is 9.00 Å². The van der Waals surface area contributed by atoms with Crippen LogP contribution in [0, 0.1) is 0 Å². The fourth-order valence-corrected chi connectivity index (χ4v) is 4.59. The molecular formula is C28H26ClN7O2S. The van der Waals surface area contributed by atoms with Crippen molar-refractivity contribution in [1.29, 1.82) is 0 Å². The lowest BCUT2D eigenvalue weighted by atomic mass is 10.1. The number of carbonyl (C=O) groups is 1. The van der Waals surface area contributed by atoms with Crippen molar-refractivity contribution in [1.82, 2.24) is 24.4 Å². The highest BCUT2D eigenvalue weighted by Gasteiger charge is 2.23. The topological polar surface area (TPSA) is 107 Å². The van der Waals surface area contributed by atoms with Crippen molar-refractivity contribution in [2.75, 3.05) is 5.32 Å². The molecule has 0 aliphatic carbocycles. The molecule has 0 saturated carbocycles. The summed E-state index contributed by atoms with van der Waals surface area (Å²) in [6.07, 6.45) is 7.19. The average molecular weight is 560 g/mol. The van der Waals surface area contributed by atoms with Gasteiger partial charge in [0.15, 0.2) is 0 Å². The number of fused-ring (bicyclic) bond motifs is 1. The van der Waals surface area contributed by atoms with Crippen molar-refractivity contribution in [3.8, 4) is 22.4 Å². The Kier molecular flexibility index (Phi) is 7.16. The molecule has 3 aromatic heterocycles. The molecule has 0 radical (unpaired) electrons. The van der Waals surface area contributed by atoms with E-state index in [-0.39, 0.29) is 5.71 Å². The quantitative estimate of drug-likeness (QED) is 0.283. The molecule has 5 rings (SSSR count). The fraction of sp³-hybridized carbons (Fsp3) is 0.179. The molecule has 0 aliphatic rings. The predicted octanol–water partition coefficient (Wildman–Crippen LogP) is 5.34. The molecule has 0 saturated heterocycles. The van der Waals surface area contributed by atoms with Gasteiger partial charge in [0, 0.05) is 52.4 Å². The summed E-state index contributed by atoms with van der Waals surface area (Å²) in [4.78, 5) is 17.8. The minimum Gasteiger partial charge on any atom is -0.321 e. The third-order valence-corrected chi connectivity index (χ3v) is 7.54. The molecule has 0 fully saturated rings. The number of carbonyl (C=O) groups excluding carboxylic acids is 1. The normalized spacial score (nSPS) is 13.0. The van der Waals surface area contributed by atoms with E-state index in [1.807, 2.05) is 37.6 Å². The molecule has 3 heterocycles. The van der Waals surface area contributed by atoms with Gasteiger partial charge in [-0.25, -0.2) is 13.7 Å². The lowest BCUT2D eigenvalue weighted by Gasteiger charge is -2.15. The Balaban J connectivity index is 1.42. The van der Waals surface area contributed by atoms with Gasteiger partial charge in [-0.3, -0.25) is 9.48 Å². The Morgan fingerprint density at radius 1 is 0.974 bits per heavy atom. The maximum absolute atomic E-state index is 13.3. The van der Waals surface area contributed by atoms with E-state index in [1.165, 1.54) is 6.33 Å². The van der Waals surface area contributed by atoms with Gasteiger partial charge in [0.2, 0.25) is 0 Å². The maximum Gasteiger partial charge on any atom is 0.275 e. The number of nitrogens with one attached hydrogen (secondary N) is 1. The molecule has 0 aliphatic heterocycles. The first kappa shape index (κ1) is 26.5. The van der Waals surface area contributed by atoms with Crippen molar-refractivity contribution in [2.45, 2.75) is 25.5 Å². The summed E-state index contributed by atoms with van der Waals surface area (Å²) >= 11 is 6.02. The molecule has 198 valence electrons. The molecular weight excluding hydrogens is 534 g/mol. The van der Waals surface area contributed by atoms with E-state index < -0.39 is 21.6 Å². The Morgan fingerprint density at radius 3 is 2.33 bits per heavy atom. The molecule has 11 heteroatoms. The zero-order valence-electron chi connectivity index (χ0n) is 21.8. The smallest absolute Gasteiger partial charge is 0.275 e. The number of hydrogen-bond donors (Lipinski definition) is 1. The number of rotatable bonds is 6. The highest BCUT2D eigenvalue weighted by Crippen LogP contribution is 2.28. The average Bonchev–Trinajstić information content (AvgIpc) is 3.53. The molecule has 1 unspecified atom stereocenters. The first-order chi connectivity index (χ1) is 18.6. The Labute approximate surface area is 233 Å². The van der Waals surface area contributed by atoms with Crippen molar-refractivity contribution in [3.63, 3.8) is 0 Å². The van der Waals surface area contributed by atoms with Crippen LogP contribution in [0.1, 0.15) is 26.3 Å². The van der Waals surface area contributed by atoms with Crippen LogP contribution in [0.15, 0.2) is 83.9 Å². The highest BCUT2D eigenvalue weighted by molar-refractivity contribution is 7.85. The van der Waals surface area contributed by atoms with Gasteiger partial charge in [0.1, 0.15) is 23.0 Å². The van der Waals surface area contributed by atoms with Crippen LogP contribution >= 0.6 is 11.6 Å². The first-order valence-electron chi connectivity index (χ1n) is 12.1. The van der Waals surface area contributed by atoms with E-state index in [9.17, 15) is 9.00 Å². The molecule has 2 aromatic carbocycles. The third-order valence-electron chi connectivity index (χ3n) is 5.89. The van der Waals surface area contributed by atoms with Crippen molar-refractivity contribution >= 4 is 45.4 Å². The van der Waals surface area contributed by atoms with Gasteiger partial charge in [-0.15, -0.1) is 0 Å². The van der Waals surface area contributed by atoms with Crippen LogP contribution in [0.5, 0.6) is 0 Å². The van der Waals surface area contributed by atoms with Gasteiger partial charge in [0.25, 0.3) is 5.91 Å². The second kappa shape index (κ2) is 10.5. The number of amides is 1. The van der Waals surface area contributed by atoms with Crippen LogP contribution in [0.4, 0.5) is 5.69 Å². The minimum atomic E-state index is -1.63. The standard InChI is InChI=1S/C28H26ClN7O2S/c1-28(2,3)39(38)34-26(19-5-9-22(29)10-6-19)27(37)33-23-11-7-18(8-12-23)25-24-13-20(16-36(24)32-17-30-25)21-14-31-35(4)15-21/h5-17H,1-4H3,(H,33,37). The molecule has 0 spiro atoms. The number of aryl methyl sites for hydroxylation is 1. The summed E-state index contributed by atoms with van der Waals surface area (Å²) in [6.45, 7) is 5.41. The number of nitrogens with zero attached hydrogens (tertiary/aromatic N) is 6. The molecule has 1 atom stereocenters. The second-order valence-electron chi connectivity index (χ2n) is 9.91. The van der Waals surface area contributed by atoms with Crippen LogP contribution in [0.2, 0.25) is 5.02 Å². The summed E-state index contributed by atoms with van der Waals surface area (Å²) in [5.74, 6) is -0.472. The lowest BCUT2D eigenvalue weighted by molar-refractivity contribution is -0.110. The largest absolute Gasteiger partial charge is 0.321 e. The zero-order chi connectivity index (χ0) is 27.7. The van der Waals surface area contributed by atoms with Gasteiger partial charge in [-0.05, 0) is 51.1 Å². The number of halogens is 1. The number of hydrogen-bond acceptors (Lipinski definition) is 5. The summed E-state index contributed by atoms with van der Waals surface area (Å²) in [5, 5.41) is 12.0. The fourth-order valence-electron chi connectivity index (χ4n) is 3.83. The van der Waals surface area contributed by atoms with Gasteiger partial charge in [-0.1, -0.05) is 35.9 Å². The van der Waals surface area contributed by atoms with E-state index in [2.05, 4.69) is 24.9 Å². The molecule has 1 N–H and O–H groups in total. The van der Waals surface area contributed by atoms with Crippen LogP contribution in [-0.4, -0.2) is 45.0 Å². The Morgan fingerprint density at radius 2 is 1.69 bits per heavy atom. The summed E-state index contributed by atoms with van der Waals surface area (Å²) in [7, 11) is 0.242.